The van der Waals surface area contributed by atoms with Crippen LogP contribution in [0.4, 0.5) is 0 Å². The van der Waals surface area contributed by atoms with Crippen LogP contribution in [0.15, 0.2) is 11.4 Å². The van der Waals surface area contributed by atoms with Gasteiger partial charge in [-0.25, -0.2) is 9.97 Å². The Morgan fingerprint density at radius 3 is 3.17 bits per heavy atom. The van der Waals surface area contributed by atoms with Gasteiger partial charge in [0, 0.05) is 6.54 Å². The molecule has 0 aliphatic rings. The highest BCUT2D eigenvalue weighted by Gasteiger charge is 2.11. The Kier molecular flexibility index (Phi) is 4.38. The number of H-pyrrole nitrogens is 1. The van der Waals surface area contributed by atoms with E-state index in [1.807, 2.05) is 6.92 Å². The van der Waals surface area contributed by atoms with Crippen molar-refractivity contribution in [3.05, 3.63) is 11.6 Å². The molecular weight excluding hydrogens is 274 g/mol. The van der Waals surface area contributed by atoms with E-state index in [-0.39, 0.29) is 11.2 Å². The molecule has 0 fully saturated rings. The molecule has 0 radical (unpaired) electrons. The van der Waals surface area contributed by atoms with Crippen molar-refractivity contribution >= 4 is 40.4 Å². The third-order valence-electron chi connectivity index (χ3n) is 2.14. The third kappa shape index (κ3) is 3.11. The fraction of sp³-hybridized carbons (Fsp3) is 0.400. The van der Waals surface area contributed by atoms with E-state index in [1.54, 1.807) is 0 Å². The van der Waals surface area contributed by atoms with Gasteiger partial charge in [-0.1, -0.05) is 18.7 Å². The molecule has 6 nitrogen and oxygen atoms in total. The molecule has 2 aromatic rings. The van der Waals surface area contributed by atoms with Gasteiger partial charge >= 0.3 is 0 Å². The molecule has 1 amide bonds. The van der Waals surface area contributed by atoms with Gasteiger partial charge in [0.25, 0.3) is 0 Å². The number of thioether (sulfide) groups is 1. The fourth-order valence-electron chi connectivity index (χ4n) is 1.34. The van der Waals surface area contributed by atoms with Gasteiger partial charge in [-0.2, -0.15) is 4.98 Å². The van der Waals surface area contributed by atoms with Gasteiger partial charge in [0.2, 0.25) is 11.2 Å². The Morgan fingerprint density at radius 2 is 2.39 bits per heavy atom. The first-order valence-electron chi connectivity index (χ1n) is 5.47. The van der Waals surface area contributed by atoms with E-state index in [9.17, 15) is 4.79 Å². The van der Waals surface area contributed by atoms with Crippen molar-refractivity contribution in [2.45, 2.75) is 18.4 Å². The number of carbonyl (C=O) groups excluding carboxylic acids is 1. The Bertz CT molecular complexity index is 558. The quantitative estimate of drug-likeness (QED) is 0.495. The van der Waals surface area contributed by atoms with Crippen LogP contribution in [0.1, 0.15) is 13.3 Å². The molecule has 96 valence electrons. The minimum absolute atomic E-state index is 0.0238. The molecule has 2 heterocycles. The van der Waals surface area contributed by atoms with Crippen molar-refractivity contribution in [3.8, 4) is 0 Å². The van der Waals surface area contributed by atoms with E-state index in [0.717, 1.165) is 6.42 Å². The zero-order valence-electron chi connectivity index (χ0n) is 9.73. The first kappa shape index (κ1) is 13.1. The van der Waals surface area contributed by atoms with E-state index in [1.165, 1.54) is 18.1 Å². The first-order chi connectivity index (χ1) is 8.70. The third-order valence-corrected chi connectivity index (χ3v) is 3.28. The molecule has 0 saturated heterocycles. The van der Waals surface area contributed by atoms with Crippen LogP contribution in [-0.2, 0) is 4.79 Å². The summed E-state index contributed by atoms with van der Waals surface area (Å²) in [6, 6.07) is 0. The van der Waals surface area contributed by atoms with Gasteiger partial charge < -0.3 is 10.3 Å². The molecule has 0 aliphatic heterocycles. The number of aromatic amines is 1. The molecule has 2 rings (SSSR count). The summed E-state index contributed by atoms with van der Waals surface area (Å²) >= 11 is 7.10. The van der Waals surface area contributed by atoms with E-state index in [2.05, 4.69) is 25.3 Å². The van der Waals surface area contributed by atoms with Crippen molar-refractivity contribution in [2.75, 3.05) is 12.3 Å². The summed E-state index contributed by atoms with van der Waals surface area (Å²) in [6.07, 6.45) is 2.44. The number of nitrogens with zero attached hydrogens (tertiary/aromatic N) is 3. The van der Waals surface area contributed by atoms with E-state index < -0.39 is 0 Å². The van der Waals surface area contributed by atoms with Gasteiger partial charge in [0.15, 0.2) is 5.65 Å². The van der Waals surface area contributed by atoms with Crippen molar-refractivity contribution in [3.63, 3.8) is 0 Å². The van der Waals surface area contributed by atoms with Gasteiger partial charge in [-0.05, 0) is 18.0 Å². The summed E-state index contributed by atoms with van der Waals surface area (Å²) in [5.74, 6) is 0.269. The van der Waals surface area contributed by atoms with Crippen LogP contribution in [-0.4, -0.2) is 38.1 Å². The number of halogens is 1. The number of rotatable bonds is 5. The minimum atomic E-state index is -0.0238. The van der Waals surface area contributed by atoms with E-state index in [0.29, 0.717) is 28.5 Å². The summed E-state index contributed by atoms with van der Waals surface area (Å²) in [5.41, 5.74) is 1.21. The molecule has 0 atom stereocenters. The lowest BCUT2D eigenvalue weighted by Gasteiger charge is -2.03. The Labute approximate surface area is 113 Å². The molecule has 0 bridgehead atoms. The number of nitrogens with one attached hydrogen (secondary N) is 2. The fourth-order valence-corrected chi connectivity index (χ4v) is 2.37. The lowest BCUT2D eigenvalue weighted by molar-refractivity contribution is -0.118. The highest BCUT2D eigenvalue weighted by molar-refractivity contribution is 8.00. The smallest absolute Gasteiger partial charge is 0.230 e. The lowest BCUT2D eigenvalue weighted by atomic mass is 10.5. The zero-order valence-corrected chi connectivity index (χ0v) is 11.3. The Morgan fingerprint density at radius 1 is 1.56 bits per heavy atom. The molecule has 8 heteroatoms. The van der Waals surface area contributed by atoms with Crippen LogP contribution in [0, 0.1) is 0 Å². The van der Waals surface area contributed by atoms with Gasteiger partial charge in [-0.3, -0.25) is 4.79 Å². The molecule has 0 saturated carbocycles. The van der Waals surface area contributed by atoms with Crippen molar-refractivity contribution in [2.24, 2.45) is 0 Å². The van der Waals surface area contributed by atoms with Crippen LogP contribution in [0.2, 0.25) is 5.28 Å². The molecular formula is C10H12ClN5OS. The summed E-state index contributed by atoms with van der Waals surface area (Å²) in [7, 11) is 0. The standard InChI is InChI=1S/C10H12ClN5OS/c1-2-3-12-6(17)4-18-9-7-8(14-5-13-7)15-10(11)16-9/h5H,2-4H2,1H3,(H,12,17)(H,13,14,15,16). The largest absolute Gasteiger partial charge is 0.355 e. The minimum Gasteiger partial charge on any atom is -0.355 e. The van der Waals surface area contributed by atoms with Crippen molar-refractivity contribution < 1.29 is 4.79 Å². The highest BCUT2D eigenvalue weighted by atomic mass is 35.5. The number of aromatic nitrogens is 4. The van der Waals surface area contributed by atoms with Crippen LogP contribution in [0.5, 0.6) is 0 Å². The van der Waals surface area contributed by atoms with Crippen molar-refractivity contribution in [1.29, 1.82) is 0 Å². The number of imidazole rings is 1. The average Bonchev–Trinajstić information content (AvgIpc) is 2.81. The number of carbonyl (C=O) groups is 1. The van der Waals surface area contributed by atoms with Crippen LogP contribution in [0.25, 0.3) is 11.2 Å². The molecule has 2 aromatic heterocycles. The molecule has 0 aromatic carbocycles. The highest BCUT2D eigenvalue weighted by Crippen LogP contribution is 2.23. The van der Waals surface area contributed by atoms with Gasteiger partial charge in [0.05, 0.1) is 12.1 Å². The number of hydrogen-bond acceptors (Lipinski definition) is 5. The topological polar surface area (TPSA) is 83.6 Å². The van der Waals surface area contributed by atoms with Crippen LogP contribution < -0.4 is 5.32 Å². The summed E-state index contributed by atoms with van der Waals surface area (Å²) in [4.78, 5) is 26.5. The predicted octanol–water partition coefficient (Wildman–Crippen LogP) is 1.62. The number of hydrogen-bond donors (Lipinski definition) is 2. The van der Waals surface area contributed by atoms with Crippen molar-refractivity contribution in [1.82, 2.24) is 25.3 Å². The van der Waals surface area contributed by atoms with Gasteiger partial charge in [-0.15, -0.1) is 0 Å². The molecule has 18 heavy (non-hydrogen) atoms. The maximum absolute atomic E-state index is 11.5. The molecule has 2 N–H and O–H groups in total. The van der Waals surface area contributed by atoms with Gasteiger partial charge in [0.1, 0.15) is 10.5 Å². The SMILES string of the molecule is CCCNC(=O)CSc1nc(Cl)nc2nc[nH]c12. The zero-order chi connectivity index (χ0) is 13.0. The van der Waals surface area contributed by atoms with Crippen LogP contribution in [0.3, 0.4) is 0 Å². The monoisotopic (exact) mass is 285 g/mol. The second-order valence-corrected chi connectivity index (χ2v) is 4.84. The molecule has 0 unspecified atom stereocenters. The van der Waals surface area contributed by atoms with Crippen LogP contribution >= 0.6 is 23.4 Å². The second kappa shape index (κ2) is 6.01. The molecule has 0 aliphatic carbocycles. The Balaban J connectivity index is 2.07. The predicted molar refractivity (Wildman–Crippen MR) is 70.7 cm³/mol. The normalized spacial score (nSPS) is 10.8. The summed E-state index contributed by atoms with van der Waals surface area (Å²) < 4.78 is 0. The average molecular weight is 286 g/mol. The maximum Gasteiger partial charge on any atom is 0.230 e. The maximum atomic E-state index is 11.5. The second-order valence-electron chi connectivity index (χ2n) is 3.54. The Hall–Kier alpha value is -1.34. The van der Waals surface area contributed by atoms with E-state index in [4.69, 9.17) is 11.6 Å². The summed E-state index contributed by atoms with van der Waals surface area (Å²) in [5, 5.41) is 3.56. The summed E-state index contributed by atoms with van der Waals surface area (Å²) in [6.45, 7) is 2.69. The number of amides is 1. The lowest BCUT2D eigenvalue weighted by Crippen LogP contribution is -2.25. The van der Waals surface area contributed by atoms with E-state index >= 15 is 0 Å². The first-order valence-corrected chi connectivity index (χ1v) is 6.83. The number of fused-ring (bicyclic) bond motifs is 1. The molecule has 0 spiro atoms.